The zero-order chi connectivity index (χ0) is 54.2. The summed E-state index contributed by atoms with van der Waals surface area (Å²) >= 11 is 12.1. The van der Waals surface area contributed by atoms with Crippen molar-refractivity contribution in [2.24, 2.45) is 11.5 Å². The Morgan fingerprint density at radius 2 is 1.29 bits per heavy atom. The number of anilines is 2. The van der Waals surface area contributed by atoms with E-state index in [0.29, 0.717) is 51.2 Å². The number of hydrogen-bond donors (Lipinski definition) is 2. The summed E-state index contributed by atoms with van der Waals surface area (Å²) in [7, 11) is -7.38. The molecule has 0 bridgehead atoms. The van der Waals surface area contributed by atoms with Gasteiger partial charge >= 0.3 is 6.09 Å². The maximum Gasteiger partial charge on any atom is 0.410 e. The molecule has 2 saturated heterocycles. The number of nitrogens with zero attached hydrogens (tertiary/aromatic N) is 8. The predicted molar refractivity (Wildman–Crippen MR) is 264 cm³/mol. The zero-order valence-corrected chi connectivity index (χ0v) is 42.9. The molecule has 0 spiro atoms. The summed E-state index contributed by atoms with van der Waals surface area (Å²) in [6.45, 7) is -2.15. The van der Waals surface area contributed by atoms with Gasteiger partial charge in [-0.15, -0.1) is 20.4 Å². The third-order valence-corrected chi connectivity index (χ3v) is 18.1. The van der Waals surface area contributed by atoms with Crippen molar-refractivity contribution >= 4 is 72.2 Å². The van der Waals surface area contributed by atoms with E-state index >= 15 is 17.6 Å². The number of ether oxygens (including phenoxy) is 1. The average molecular weight is 1130 g/mol. The molecule has 2 fully saturated rings. The van der Waals surface area contributed by atoms with Crippen molar-refractivity contribution < 1.29 is 62.4 Å². The molecule has 4 aliphatic rings. The topological polar surface area (TPSA) is 272 Å². The molecule has 0 radical (unpaired) electrons. The molecule has 76 heavy (non-hydrogen) atoms. The summed E-state index contributed by atoms with van der Waals surface area (Å²) < 4.78 is 137. The molecule has 0 saturated carbocycles. The highest BCUT2D eigenvalue weighted by atomic mass is 35.5. The van der Waals surface area contributed by atoms with Gasteiger partial charge in [0.25, 0.3) is 17.7 Å². The van der Waals surface area contributed by atoms with Crippen LogP contribution in [0, 0.1) is 11.6 Å². The van der Waals surface area contributed by atoms with Crippen molar-refractivity contribution in [3.63, 3.8) is 0 Å². The van der Waals surface area contributed by atoms with Gasteiger partial charge in [-0.05, 0) is 79.7 Å². The summed E-state index contributed by atoms with van der Waals surface area (Å²) in [6.07, 6.45) is -1.74. The van der Waals surface area contributed by atoms with Crippen LogP contribution >= 0.6 is 23.2 Å². The van der Waals surface area contributed by atoms with Crippen LogP contribution in [0.15, 0.2) is 91.4 Å². The second kappa shape index (κ2) is 20.1. The summed E-state index contributed by atoms with van der Waals surface area (Å²) in [5, 5.41) is 14.5. The first-order valence-corrected chi connectivity index (χ1v) is 27.3. The molecule has 0 aliphatic carbocycles. The predicted octanol–water partition coefficient (Wildman–Crippen LogP) is 5.72. The molecule has 6 aromatic rings. The highest BCUT2D eigenvalue weighted by molar-refractivity contribution is 7.92. The highest BCUT2D eigenvalue weighted by Crippen LogP contribution is 2.42. The zero-order valence-electron chi connectivity index (χ0n) is 39.8. The SMILES string of the molecule is CN1CCC(c2nnc(-c3cc4c(cc3F)S(=O)(=O)C(COC(=O)N3CC(c5nnc(-c6cc7c(cc6F)S(=O)(=O)C[C@H](N)C(=O)N7Cc6ccc(Cl)cc6)o5)CC(F)(F)C3)[C@H](N)C(=O)N4Cc3ccc(Cl)cc3)o2)C1. The van der Waals surface area contributed by atoms with Crippen LogP contribution in [-0.2, 0) is 47.1 Å². The maximum atomic E-state index is 16.3. The summed E-state index contributed by atoms with van der Waals surface area (Å²) in [5.74, 6) is -11.4. The van der Waals surface area contributed by atoms with E-state index in [-0.39, 0.29) is 47.7 Å². The minimum Gasteiger partial charge on any atom is -0.448 e. The lowest BCUT2D eigenvalue weighted by Crippen LogP contribution is -2.53. The highest BCUT2D eigenvalue weighted by Gasteiger charge is 2.49. The van der Waals surface area contributed by atoms with Crippen LogP contribution in [0.3, 0.4) is 0 Å². The van der Waals surface area contributed by atoms with Gasteiger partial charge in [0.05, 0.1) is 75.6 Å². The van der Waals surface area contributed by atoms with Gasteiger partial charge in [0.15, 0.2) is 19.7 Å². The number of likely N-dealkylation sites (tertiary alicyclic amines) is 2. The van der Waals surface area contributed by atoms with Crippen molar-refractivity contribution in [2.45, 2.75) is 70.8 Å². The Hall–Kier alpha value is -6.55. The third-order valence-electron chi connectivity index (χ3n) is 13.6. The van der Waals surface area contributed by atoms with Gasteiger partial charge in [0.2, 0.25) is 23.6 Å². The standard InChI is InChI=1S/C48H44Cl2F4N10O10S2/c1-61-11-10-26(19-61)41-57-59-43(73-41)31-13-36-38(15-33(31)52)76(70,71)39(40(56)46(66)64(36)18-25-4-8-29(50)9-5-25)21-72-47(67)62-20-27(16-48(53,54)23-62)42-58-60-44(74-42)30-12-35-37(14-32(30)51)75(68,69)22-34(55)45(65)63(35)17-24-2-6-28(49)7-3-24/h2-9,12-15,26-27,34,39-40H,10-11,16-23,55-56H2,1H3/t26?,27?,34-,39?,40-/m0/s1. The number of carbonyl (C=O) groups is 3. The molecule has 4 aliphatic heterocycles. The van der Waals surface area contributed by atoms with Crippen molar-refractivity contribution in [3.05, 3.63) is 117 Å². The Morgan fingerprint density at radius 1 is 0.763 bits per heavy atom. The lowest BCUT2D eigenvalue weighted by Gasteiger charge is -2.35. The van der Waals surface area contributed by atoms with Gasteiger partial charge in [-0.3, -0.25) is 9.59 Å². The third kappa shape index (κ3) is 10.3. The Labute approximate surface area is 440 Å². The monoisotopic (exact) mass is 1130 g/mol. The minimum absolute atomic E-state index is 0.142. The quantitative estimate of drug-likeness (QED) is 0.155. The van der Waals surface area contributed by atoms with E-state index in [0.717, 1.165) is 28.5 Å². The molecule has 3 unspecified atom stereocenters. The molecule has 4 N–H and O–H groups in total. The first kappa shape index (κ1) is 52.9. The number of halogens is 6. The number of benzene rings is 4. The van der Waals surface area contributed by atoms with Gasteiger partial charge in [-0.1, -0.05) is 47.5 Å². The fraction of sp³-hybridized carbons (Fsp3) is 0.354. The largest absolute Gasteiger partial charge is 0.448 e. The number of hydrogen-bond acceptors (Lipinski definition) is 17. The van der Waals surface area contributed by atoms with Crippen LogP contribution in [0.2, 0.25) is 10.0 Å². The van der Waals surface area contributed by atoms with E-state index in [1.165, 1.54) is 12.1 Å². The van der Waals surface area contributed by atoms with Gasteiger partial charge in [-0.25, -0.2) is 39.2 Å². The Morgan fingerprint density at radius 3 is 1.84 bits per heavy atom. The number of amides is 3. The summed E-state index contributed by atoms with van der Waals surface area (Å²) in [4.78, 5) is 45.2. The number of carbonyl (C=O) groups excluding carboxylic acids is 3. The number of rotatable bonds is 10. The molecule has 28 heteroatoms. The first-order chi connectivity index (χ1) is 36.0. The minimum atomic E-state index is -4.93. The van der Waals surface area contributed by atoms with Crippen LogP contribution in [0.1, 0.15) is 47.6 Å². The van der Waals surface area contributed by atoms with Crippen LogP contribution in [0.5, 0.6) is 0 Å². The van der Waals surface area contributed by atoms with E-state index in [4.69, 9.17) is 48.2 Å². The lowest BCUT2D eigenvalue weighted by atomic mass is 9.95. The van der Waals surface area contributed by atoms with Gasteiger partial charge in [-0.2, -0.15) is 0 Å². The molecule has 4 aromatic carbocycles. The van der Waals surface area contributed by atoms with E-state index in [2.05, 4.69) is 25.3 Å². The first-order valence-electron chi connectivity index (χ1n) is 23.4. The van der Waals surface area contributed by atoms with Crippen molar-refractivity contribution in [1.29, 1.82) is 0 Å². The number of likely N-dealkylation sites (N-methyl/N-ethyl adjacent to an activating group) is 1. The van der Waals surface area contributed by atoms with Gasteiger partial charge in [0, 0.05) is 29.6 Å². The van der Waals surface area contributed by atoms with Crippen LogP contribution in [-0.4, -0.2) is 134 Å². The molecular weight excluding hydrogens is 1090 g/mol. The Balaban J connectivity index is 0.911. The van der Waals surface area contributed by atoms with Gasteiger partial charge < -0.3 is 44.6 Å². The second-order valence-electron chi connectivity index (χ2n) is 19.1. The normalized spacial score (nSPS) is 23.2. The number of alkyl halides is 2. The molecule has 20 nitrogen and oxygen atoms in total. The Bertz CT molecular complexity index is 3520. The second-order valence-corrected chi connectivity index (χ2v) is 24.1. The number of fused-ring (bicyclic) bond motifs is 2. The van der Waals surface area contributed by atoms with E-state index < -0.39 is 137 Å². The fourth-order valence-corrected chi connectivity index (χ4v) is 13.3. The summed E-state index contributed by atoms with van der Waals surface area (Å²) in [6, 6.07) is 12.4. The smallest absolute Gasteiger partial charge is 0.410 e. The molecule has 5 atom stereocenters. The number of piperidine rings is 1. The maximum absolute atomic E-state index is 16.3. The van der Waals surface area contributed by atoms with E-state index in [9.17, 15) is 31.2 Å². The Kier molecular flexibility index (Phi) is 14.0. The van der Waals surface area contributed by atoms with Crippen molar-refractivity contribution in [1.82, 2.24) is 30.2 Å². The summed E-state index contributed by atoms with van der Waals surface area (Å²) in [5.41, 5.74) is 12.0. The fourth-order valence-electron chi connectivity index (χ4n) is 9.71. The molecule has 6 heterocycles. The molecule has 400 valence electrons. The molecular formula is C48H44Cl2F4N10O10S2. The number of nitrogens with two attached hydrogens (primary N) is 2. The molecule has 2 aromatic heterocycles. The lowest BCUT2D eigenvalue weighted by molar-refractivity contribution is -0.120. The molecule has 3 amide bonds. The van der Waals surface area contributed by atoms with Crippen LogP contribution in [0.4, 0.5) is 33.7 Å². The van der Waals surface area contributed by atoms with Gasteiger partial charge in [0.1, 0.15) is 29.5 Å². The number of sulfone groups is 2. The van der Waals surface area contributed by atoms with Crippen molar-refractivity contribution in [3.8, 4) is 22.9 Å². The van der Waals surface area contributed by atoms with Crippen molar-refractivity contribution in [2.75, 3.05) is 55.4 Å². The van der Waals surface area contributed by atoms with Crippen LogP contribution in [0.25, 0.3) is 22.9 Å². The number of aromatic nitrogens is 4. The van der Waals surface area contributed by atoms with E-state index in [1.807, 2.05) is 7.05 Å². The molecule has 10 rings (SSSR count). The average Bonchev–Trinajstić information content (AvgIpc) is 4.16. The van der Waals surface area contributed by atoms with E-state index in [1.54, 1.807) is 36.4 Å². The van der Waals surface area contributed by atoms with Crippen LogP contribution < -0.4 is 21.3 Å².